The molecule has 3 N–H and O–H groups in total. The van der Waals surface area contributed by atoms with E-state index in [1.54, 1.807) is 11.8 Å². The molecule has 0 spiro atoms. The number of primary amides is 1. The molecule has 4 heteroatoms. The van der Waals surface area contributed by atoms with Gasteiger partial charge in [-0.1, -0.05) is 13.8 Å². The summed E-state index contributed by atoms with van der Waals surface area (Å²) < 4.78 is 0. The van der Waals surface area contributed by atoms with Gasteiger partial charge < -0.3 is 11.1 Å². The molecule has 0 aromatic carbocycles. The Kier molecular flexibility index (Phi) is 7.09. The summed E-state index contributed by atoms with van der Waals surface area (Å²) in [5, 5.41) is 3.26. The van der Waals surface area contributed by atoms with E-state index in [1.165, 1.54) is 0 Å². The Balaban J connectivity index is 3.95. The molecule has 2 atom stereocenters. The summed E-state index contributed by atoms with van der Waals surface area (Å²) in [6, 6.07) is 0.226. The largest absolute Gasteiger partial charge is 0.368 e. The number of hydrogen-bond donors (Lipinski definition) is 2. The van der Waals surface area contributed by atoms with Gasteiger partial charge in [-0.25, -0.2) is 0 Å². The topological polar surface area (TPSA) is 55.1 Å². The molecule has 0 aromatic rings. The van der Waals surface area contributed by atoms with Crippen LogP contribution in [0.1, 0.15) is 26.7 Å². The molecule has 0 aliphatic carbocycles. The molecule has 0 aromatic heterocycles. The number of carbonyl (C=O) groups is 1. The van der Waals surface area contributed by atoms with Crippen LogP contribution >= 0.6 is 11.8 Å². The maximum absolute atomic E-state index is 10.9. The van der Waals surface area contributed by atoms with Gasteiger partial charge in [0.05, 0.1) is 6.04 Å². The van der Waals surface area contributed by atoms with Crippen molar-refractivity contribution in [2.24, 2.45) is 5.73 Å². The third-order valence-corrected chi connectivity index (χ3v) is 2.78. The van der Waals surface area contributed by atoms with Gasteiger partial charge in [-0.05, 0) is 19.1 Å². The Hall–Kier alpha value is -0.220. The molecule has 13 heavy (non-hydrogen) atoms. The van der Waals surface area contributed by atoms with E-state index in [0.717, 1.165) is 18.6 Å². The van der Waals surface area contributed by atoms with Gasteiger partial charge in [-0.3, -0.25) is 4.79 Å². The van der Waals surface area contributed by atoms with Crippen LogP contribution in [0.2, 0.25) is 0 Å². The van der Waals surface area contributed by atoms with Crippen molar-refractivity contribution in [3.8, 4) is 0 Å². The smallest absolute Gasteiger partial charge is 0.234 e. The lowest BCUT2D eigenvalue weighted by molar-refractivity contribution is -0.120. The molecule has 0 fully saturated rings. The van der Waals surface area contributed by atoms with Crippen LogP contribution in [0.15, 0.2) is 0 Å². The number of amides is 1. The highest BCUT2D eigenvalue weighted by Crippen LogP contribution is 2.03. The second-order valence-electron chi connectivity index (χ2n) is 3.09. The van der Waals surface area contributed by atoms with Gasteiger partial charge in [0.2, 0.25) is 5.91 Å². The van der Waals surface area contributed by atoms with Gasteiger partial charge in [0, 0.05) is 11.8 Å². The van der Waals surface area contributed by atoms with Gasteiger partial charge in [0.15, 0.2) is 0 Å². The fourth-order valence-corrected chi connectivity index (χ4v) is 1.90. The fraction of sp³-hybridized carbons (Fsp3) is 0.889. The average Bonchev–Trinajstić information content (AvgIpc) is 2.11. The van der Waals surface area contributed by atoms with Crippen molar-refractivity contribution in [2.75, 3.05) is 12.0 Å². The quantitative estimate of drug-likeness (QED) is 0.650. The first-order valence-electron chi connectivity index (χ1n) is 4.69. The molecule has 2 unspecified atom stereocenters. The van der Waals surface area contributed by atoms with Crippen LogP contribution in [0.5, 0.6) is 0 Å². The highest BCUT2D eigenvalue weighted by molar-refractivity contribution is 7.98. The van der Waals surface area contributed by atoms with E-state index in [0.29, 0.717) is 6.04 Å². The average molecular weight is 204 g/mol. The zero-order chi connectivity index (χ0) is 10.3. The van der Waals surface area contributed by atoms with E-state index in [4.69, 9.17) is 5.73 Å². The number of nitrogens with two attached hydrogens (primary N) is 1. The predicted octanol–water partition coefficient (Wildman–Crippen LogP) is 0.981. The molecular formula is C9H20N2OS. The van der Waals surface area contributed by atoms with Gasteiger partial charge in [0.25, 0.3) is 0 Å². The highest BCUT2D eigenvalue weighted by atomic mass is 32.2. The molecule has 0 radical (unpaired) electrons. The molecule has 0 aliphatic heterocycles. The number of thioether (sulfide) groups is 1. The van der Waals surface area contributed by atoms with Crippen molar-refractivity contribution in [1.82, 2.24) is 5.32 Å². The maximum Gasteiger partial charge on any atom is 0.234 e. The van der Waals surface area contributed by atoms with Gasteiger partial charge in [-0.2, -0.15) is 11.8 Å². The van der Waals surface area contributed by atoms with Crippen molar-refractivity contribution in [2.45, 2.75) is 38.8 Å². The zero-order valence-corrected chi connectivity index (χ0v) is 9.49. The number of hydrogen-bond acceptors (Lipinski definition) is 3. The minimum atomic E-state index is -0.248. The van der Waals surface area contributed by atoms with Crippen molar-refractivity contribution in [1.29, 1.82) is 0 Å². The standard InChI is InChI=1S/C9H20N2OS/c1-4-7(6-13-3)11-8(5-2)9(10)12/h7-8,11H,4-6H2,1-3H3,(H2,10,12). The molecule has 0 bridgehead atoms. The third-order valence-electron chi connectivity index (χ3n) is 2.05. The summed E-state index contributed by atoms with van der Waals surface area (Å²) >= 11 is 1.78. The Morgan fingerprint density at radius 2 is 2.08 bits per heavy atom. The number of rotatable bonds is 7. The Morgan fingerprint density at radius 3 is 2.38 bits per heavy atom. The number of nitrogens with one attached hydrogen (secondary N) is 1. The summed E-state index contributed by atoms with van der Waals surface area (Å²) in [7, 11) is 0. The summed E-state index contributed by atoms with van der Waals surface area (Å²) in [4.78, 5) is 10.9. The lowest BCUT2D eigenvalue weighted by Crippen LogP contribution is -2.46. The first kappa shape index (κ1) is 12.8. The first-order chi connectivity index (χ1) is 6.15. The number of carbonyl (C=O) groups excluding carboxylic acids is 1. The summed E-state index contributed by atoms with van der Waals surface area (Å²) in [6.45, 7) is 4.08. The molecule has 78 valence electrons. The van der Waals surface area contributed by atoms with E-state index in [1.807, 2.05) is 6.92 Å². The highest BCUT2D eigenvalue weighted by Gasteiger charge is 2.16. The second-order valence-corrected chi connectivity index (χ2v) is 4.00. The van der Waals surface area contributed by atoms with Crippen LogP contribution in [-0.4, -0.2) is 30.0 Å². The molecule has 0 heterocycles. The minimum absolute atomic E-state index is 0.169. The molecular weight excluding hydrogens is 184 g/mol. The van der Waals surface area contributed by atoms with E-state index in [-0.39, 0.29) is 11.9 Å². The molecule has 3 nitrogen and oxygen atoms in total. The van der Waals surface area contributed by atoms with Crippen LogP contribution in [0.3, 0.4) is 0 Å². The lowest BCUT2D eigenvalue weighted by atomic mass is 10.1. The Bertz CT molecular complexity index is 153. The van der Waals surface area contributed by atoms with E-state index < -0.39 is 0 Å². The van der Waals surface area contributed by atoms with E-state index >= 15 is 0 Å². The first-order valence-corrected chi connectivity index (χ1v) is 6.09. The van der Waals surface area contributed by atoms with Crippen LogP contribution in [0.4, 0.5) is 0 Å². The van der Waals surface area contributed by atoms with E-state index in [2.05, 4.69) is 18.5 Å². The fourth-order valence-electron chi connectivity index (χ4n) is 1.17. The molecule has 0 rings (SSSR count). The lowest BCUT2D eigenvalue weighted by Gasteiger charge is -2.21. The Morgan fingerprint density at radius 1 is 1.46 bits per heavy atom. The van der Waals surface area contributed by atoms with E-state index in [9.17, 15) is 4.79 Å². The minimum Gasteiger partial charge on any atom is -0.368 e. The van der Waals surface area contributed by atoms with Crippen molar-refractivity contribution < 1.29 is 4.79 Å². The Labute approximate surface area is 84.8 Å². The second kappa shape index (κ2) is 7.21. The molecule has 0 saturated carbocycles. The van der Waals surface area contributed by atoms with Crippen LogP contribution in [0, 0.1) is 0 Å². The van der Waals surface area contributed by atoms with Crippen molar-refractivity contribution in [3.05, 3.63) is 0 Å². The predicted molar refractivity (Wildman–Crippen MR) is 58.9 cm³/mol. The van der Waals surface area contributed by atoms with Crippen molar-refractivity contribution >= 4 is 17.7 Å². The zero-order valence-electron chi connectivity index (χ0n) is 8.67. The SMILES string of the molecule is CCC(CSC)NC(CC)C(N)=O. The third kappa shape index (κ3) is 5.16. The molecule has 0 aliphatic rings. The molecule has 0 saturated heterocycles. The summed E-state index contributed by atoms with van der Waals surface area (Å²) in [5.41, 5.74) is 5.24. The van der Waals surface area contributed by atoms with Crippen LogP contribution < -0.4 is 11.1 Å². The summed E-state index contributed by atoms with van der Waals surface area (Å²) in [6.07, 6.45) is 3.86. The van der Waals surface area contributed by atoms with Gasteiger partial charge in [-0.15, -0.1) is 0 Å². The maximum atomic E-state index is 10.9. The van der Waals surface area contributed by atoms with Crippen LogP contribution in [0.25, 0.3) is 0 Å². The van der Waals surface area contributed by atoms with Gasteiger partial charge in [0.1, 0.15) is 0 Å². The normalized spacial score (nSPS) is 15.3. The van der Waals surface area contributed by atoms with Gasteiger partial charge >= 0.3 is 0 Å². The summed E-state index contributed by atoms with van der Waals surface area (Å²) in [5.74, 6) is 0.780. The van der Waals surface area contributed by atoms with Crippen LogP contribution in [-0.2, 0) is 4.79 Å². The monoisotopic (exact) mass is 204 g/mol. The molecule has 1 amide bonds. The van der Waals surface area contributed by atoms with Crippen molar-refractivity contribution in [3.63, 3.8) is 0 Å².